The fourth-order valence-electron chi connectivity index (χ4n) is 3.14. The van der Waals surface area contributed by atoms with E-state index in [2.05, 4.69) is 47.2 Å². The van der Waals surface area contributed by atoms with Gasteiger partial charge in [0.05, 0.1) is 11.3 Å². The molecule has 7 nitrogen and oxygen atoms in total. The molecule has 0 saturated carbocycles. The highest BCUT2D eigenvalue weighted by Gasteiger charge is 2.21. The standard InChI is InChI=1S/C22H12Br2N4O3/c23-15-9-5-13(6-10-15)19-25-21(30-26-19)17-3-1-2-4-18(17)28-20(27-31-22(28)29)14-7-11-16(24)12-8-14/h1-12H. The van der Waals surface area contributed by atoms with Crippen LogP contribution in [0.3, 0.4) is 0 Å². The highest BCUT2D eigenvalue weighted by Crippen LogP contribution is 2.30. The zero-order valence-corrected chi connectivity index (χ0v) is 18.9. The molecule has 5 aromatic rings. The van der Waals surface area contributed by atoms with E-state index in [1.165, 1.54) is 4.57 Å². The van der Waals surface area contributed by atoms with Crippen molar-refractivity contribution in [3.63, 3.8) is 0 Å². The van der Waals surface area contributed by atoms with E-state index in [-0.39, 0.29) is 5.89 Å². The van der Waals surface area contributed by atoms with Gasteiger partial charge in [-0.05, 0) is 60.7 Å². The Bertz CT molecular complexity index is 1420. The number of benzene rings is 3. The summed E-state index contributed by atoms with van der Waals surface area (Å²) in [7, 11) is 0. The van der Waals surface area contributed by atoms with Gasteiger partial charge in [0.2, 0.25) is 5.82 Å². The molecule has 2 aromatic heterocycles. The molecule has 0 spiro atoms. The van der Waals surface area contributed by atoms with E-state index < -0.39 is 5.76 Å². The molecule has 0 aliphatic rings. The number of hydrogen-bond acceptors (Lipinski definition) is 6. The lowest BCUT2D eigenvalue weighted by Crippen LogP contribution is -2.14. The second-order valence-electron chi connectivity index (χ2n) is 6.56. The molecule has 0 N–H and O–H groups in total. The quantitative estimate of drug-likeness (QED) is 0.289. The molecule has 152 valence electrons. The van der Waals surface area contributed by atoms with Gasteiger partial charge >= 0.3 is 5.76 Å². The molecule has 0 amide bonds. The monoisotopic (exact) mass is 538 g/mol. The highest BCUT2D eigenvalue weighted by molar-refractivity contribution is 9.10. The molecule has 0 radical (unpaired) electrons. The van der Waals surface area contributed by atoms with Crippen LogP contribution in [0.4, 0.5) is 0 Å². The third-order valence-electron chi connectivity index (χ3n) is 4.61. The lowest BCUT2D eigenvalue weighted by atomic mass is 10.1. The van der Waals surface area contributed by atoms with Gasteiger partial charge in [-0.1, -0.05) is 54.3 Å². The van der Waals surface area contributed by atoms with Gasteiger partial charge in [-0.3, -0.25) is 4.52 Å². The fourth-order valence-corrected chi connectivity index (χ4v) is 3.67. The van der Waals surface area contributed by atoms with Crippen molar-refractivity contribution >= 4 is 31.9 Å². The molecule has 3 aromatic carbocycles. The normalized spacial score (nSPS) is 11.0. The van der Waals surface area contributed by atoms with E-state index in [0.717, 1.165) is 20.1 Å². The lowest BCUT2D eigenvalue weighted by molar-refractivity contribution is 0.383. The molecule has 0 bridgehead atoms. The molecule has 0 atom stereocenters. The average Bonchev–Trinajstić information content (AvgIpc) is 3.42. The van der Waals surface area contributed by atoms with E-state index in [1.807, 2.05) is 60.7 Å². The maximum atomic E-state index is 12.6. The number of rotatable bonds is 4. The van der Waals surface area contributed by atoms with E-state index in [0.29, 0.717) is 22.9 Å². The van der Waals surface area contributed by atoms with Crippen molar-refractivity contribution in [2.75, 3.05) is 0 Å². The summed E-state index contributed by atoms with van der Waals surface area (Å²) in [5, 5.41) is 8.07. The van der Waals surface area contributed by atoms with Gasteiger partial charge in [0.15, 0.2) is 5.82 Å². The molecule has 0 aliphatic heterocycles. The maximum Gasteiger partial charge on any atom is 0.446 e. The Hall–Kier alpha value is -3.30. The minimum atomic E-state index is -0.613. The van der Waals surface area contributed by atoms with Crippen LogP contribution >= 0.6 is 31.9 Å². The summed E-state index contributed by atoms with van der Waals surface area (Å²) in [6, 6.07) is 22.2. The second-order valence-corrected chi connectivity index (χ2v) is 8.39. The minimum absolute atomic E-state index is 0.281. The van der Waals surface area contributed by atoms with Gasteiger partial charge in [-0.15, -0.1) is 0 Å². The van der Waals surface area contributed by atoms with Crippen LogP contribution in [0.5, 0.6) is 0 Å². The van der Waals surface area contributed by atoms with E-state index >= 15 is 0 Å². The summed E-state index contributed by atoms with van der Waals surface area (Å²) in [5.41, 5.74) is 2.65. The maximum absolute atomic E-state index is 12.6. The average molecular weight is 540 g/mol. The summed E-state index contributed by atoms with van der Waals surface area (Å²) in [5.74, 6) is 0.488. The Balaban J connectivity index is 1.62. The number of para-hydroxylation sites is 1. The second kappa shape index (κ2) is 8.09. The van der Waals surface area contributed by atoms with Gasteiger partial charge in [0.25, 0.3) is 5.89 Å². The Morgan fingerprint density at radius 1 is 0.742 bits per heavy atom. The number of nitrogens with zero attached hydrogens (tertiary/aromatic N) is 4. The van der Waals surface area contributed by atoms with Crippen LogP contribution in [0.1, 0.15) is 0 Å². The van der Waals surface area contributed by atoms with Crippen molar-refractivity contribution in [3.8, 4) is 39.9 Å². The number of aromatic nitrogens is 4. The predicted molar refractivity (Wildman–Crippen MR) is 122 cm³/mol. The largest absolute Gasteiger partial charge is 0.446 e. The molecule has 0 aliphatic carbocycles. The number of hydrogen-bond donors (Lipinski definition) is 0. The van der Waals surface area contributed by atoms with Gasteiger partial charge in [0, 0.05) is 20.1 Å². The van der Waals surface area contributed by atoms with E-state index in [4.69, 9.17) is 9.05 Å². The first-order chi connectivity index (χ1) is 15.1. The van der Waals surface area contributed by atoms with Crippen molar-refractivity contribution in [3.05, 3.63) is 92.3 Å². The SMILES string of the molecule is O=c1onc(-c2ccc(Br)cc2)n1-c1ccccc1-c1nc(-c2ccc(Br)cc2)no1. The molecule has 9 heteroatoms. The van der Waals surface area contributed by atoms with Gasteiger partial charge in [-0.25, -0.2) is 9.36 Å². The fraction of sp³-hybridized carbons (Fsp3) is 0. The summed E-state index contributed by atoms with van der Waals surface area (Å²) in [6.07, 6.45) is 0. The summed E-state index contributed by atoms with van der Waals surface area (Å²) in [4.78, 5) is 17.1. The molecule has 0 fully saturated rings. The van der Waals surface area contributed by atoms with Crippen molar-refractivity contribution in [1.82, 2.24) is 19.9 Å². The molecule has 0 unspecified atom stereocenters. The molecular weight excluding hydrogens is 528 g/mol. The molecule has 5 rings (SSSR count). The Kier molecular flexibility index (Phi) is 5.13. The Labute approximate surface area is 192 Å². The van der Waals surface area contributed by atoms with E-state index in [1.54, 1.807) is 12.1 Å². The van der Waals surface area contributed by atoms with Crippen LogP contribution in [0.15, 0.2) is 95.6 Å². The lowest BCUT2D eigenvalue weighted by Gasteiger charge is -2.08. The first-order valence-electron chi connectivity index (χ1n) is 9.14. The summed E-state index contributed by atoms with van der Waals surface area (Å²) >= 11 is 6.83. The van der Waals surface area contributed by atoms with Crippen molar-refractivity contribution < 1.29 is 9.05 Å². The van der Waals surface area contributed by atoms with Crippen LogP contribution in [0, 0.1) is 0 Å². The summed E-state index contributed by atoms with van der Waals surface area (Å²) in [6.45, 7) is 0. The van der Waals surface area contributed by atoms with Crippen LogP contribution in [-0.4, -0.2) is 19.9 Å². The van der Waals surface area contributed by atoms with Gasteiger partial charge in [0.1, 0.15) is 0 Å². The van der Waals surface area contributed by atoms with Crippen LogP contribution in [0.2, 0.25) is 0 Å². The van der Waals surface area contributed by atoms with Crippen LogP contribution in [0.25, 0.3) is 39.9 Å². The minimum Gasteiger partial charge on any atom is -0.334 e. The third kappa shape index (κ3) is 3.77. The molecule has 0 saturated heterocycles. The highest BCUT2D eigenvalue weighted by atomic mass is 79.9. The smallest absolute Gasteiger partial charge is 0.334 e. The molecule has 2 heterocycles. The first kappa shape index (κ1) is 19.7. The topological polar surface area (TPSA) is 87.0 Å². The van der Waals surface area contributed by atoms with Crippen LogP contribution in [-0.2, 0) is 0 Å². The summed E-state index contributed by atoms with van der Waals surface area (Å²) < 4.78 is 13.8. The van der Waals surface area contributed by atoms with Crippen molar-refractivity contribution in [2.45, 2.75) is 0 Å². The first-order valence-corrected chi connectivity index (χ1v) is 10.7. The molecule has 31 heavy (non-hydrogen) atoms. The molecular formula is C22H12Br2N4O3. The van der Waals surface area contributed by atoms with Gasteiger partial charge < -0.3 is 4.52 Å². The van der Waals surface area contributed by atoms with Crippen molar-refractivity contribution in [1.29, 1.82) is 0 Å². The van der Waals surface area contributed by atoms with Crippen molar-refractivity contribution in [2.24, 2.45) is 0 Å². The third-order valence-corrected chi connectivity index (χ3v) is 5.67. The zero-order chi connectivity index (χ0) is 21.4. The Morgan fingerprint density at radius 2 is 1.39 bits per heavy atom. The van der Waals surface area contributed by atoms with Crippen LogP contribution < -0.4 is 5.76 Å². The van der Waals surface area contributed by atoms with E-state index in [9.17, 15) is 4.79 Å². The zero-order valence-electron chi connectivity index (χ0n) is 15.7. The predicted octanol–water partition coefficient (Wildman–Crippen LogP) is 5.73. The van der Waals surface area contributed by atoms with Gasteiger partial charge in [-0.2, -0.15) is 4.98 Å². The Morgan fingerprint density at radius 3 is 2.10 bits per heavy atom. The number of halogens is 2.